The molecule has 0 fully saturated rings. The number of nitrogens with zero attached hydrogens (tertiary/aromatic N) is 3. The minimum absolute atomic E-state index is 0.432. The monoisotopic (exact) mass is 355 g/mol. The Kier molecular flexibility index (Phi) is 5.08. The fourth-order valence-corrected chi connectivity index (χ4v) is 3.11. The van der Waals surface area contributed by atoms with Crippen molar-refractivity contribution in [1.29, 1.82) is 0 Å². The Morgan fingerprint density at radius 1 is 0.815 bits per heavy atom. The van der Waals surface area contributed by atoms with Crippen molar-refractivity contribution in [2.45, 2.75) is 20.1 Å². The van der Waals surface area contributed by atoms with Crippen molar-refractivity contribution in [3.63, 3.8) is 0 Å². The highest BCUT2D eigenvalue weighted by atomic mass is 16.5. The van der Waals surface area contributed by atoms with Crippen LogP contribution in [0.1, 0.15) is 16.8 Å². The van der Waals surface area contributed by atoms with Crippen LogP contribution >= 0.6 is 0 Å². The van der Waals surface area contributed by atoms with Gasteiger partial charge in [-0.2, -0.15) is 0 Å². The summed E-state index contributed by atoms with van der Waals surface area (Å²) in [7, 11) is 0. The zero-order valence-electron chi connectivity index (χ0n) is 15.2. The summed E-state index contributed by atoms with van der Waals surface area (Å²) < 4.78 is 7.67. The molecule has 0 saturated carbocycles. The first-order valence-corrected chi connectivity index (χ1v) is 8.99. The normalized spacial score (nSPS) is 10.9. The van der Waals surface area contributed by atoms with Gasteiger partial charge in [0.1, 0.15) is 5.69 Å². The first-order valence-electron chi connectivity index (χ1n) is 8.99. The highest BCUT2D eigenvalue weighted by molar-refractivity contribution is 5.68. The summed E-state index contributed by atoms with van der Waals surface area (Å²) in [5.74, 6) is 0. The van der Waals surface area contributed by atoms with Gasteiger partial charge in [-0.1, -0.05) is 71.9 Å². The van der Waals surface area contributed by atoms with E-state index >= 15 is 0 Å². The van der Waals surface area contributed by atoms with Crippen molar-refractivity contribution in [2.24, 2.45) is 0 Å². The fourth-order valence-electron chi connectivity index (χ4n) is 3.11. The molecule has 0 amide bonds. The van der Waals surface area contributed by atoms with Gasteiger partial charge in [0.15, 0.2) is 0 Å². The molecular formula is C23H21N3O. The molecule has 4 heteroatoms. The van der Waals surface area contributed by atoms with Crippen LogP contribution in [0.3, 0.4) is 0 Å². The molecule has 4 aromatic rings. The maximum atomic E-state index is 5.91. The Balaban J connectivity index is 1.42. The summed E-state index contributed by atoms with van der Waals surface area (Å²) >= 11 is 0. The smallest absolute Gasteiger partial charge is 0.109 e. The van der Waals surface area contributed by atoms with Gasteiger partial charge in [-0.05, 0) is 41.3 Å². The molecule has 0 N–H and O–H groups in total. The van der Waals surface area contributed by atoms with Gasteiger partial charge in [0.2, 0.25) is 0 Å². The molecule has 0 bridgehead atoms. The predicted octanol–water partition coefficient (Wildman–Crippen LogP) is 4.96. The summed E-state index contributed by atoms with van der Waals surface area (Å²) in [4.78, 5) is 0. The number of hydrogen-bond acceptors (Lipinski definition) is 3. The van der Waals surface area contributed by atoms with Crippen LogP contribution < -0.4 is 0 Å². The second kappa shape index (κ2) is 7.98. The highest BCUT2D eigenvalue weighted by Gasteiger charge is 2.07. The van der Waals surface area contributed by atoms with Crippen LogP contribution in [0.5, 0.6) is 0 Å². The molecule has 4 rings (SSSR count). The Hall–Kier alpha value is -3.24. The van der Waals surface area contributed by atoms with Gasteiger partial charge in [0, 0.05) is 0 Å². The van der Waals surface area contributed by atoms with Crippen LogP contribution in [-0.2, 0) is 18.0 Å². The maximum absolute atomic E-state index is 5.91. The topological polar surface area (TPSA) is 39.9 Å². The molecule has 134 valence electrons. The van der Waals surface area contributed by atoms with Crippen molar-refractivity contribution in [1.82, 2.24) is 15.0 Å². The van der Waals surface area contributed by atoms with Gasteiger partial charge in [-0.25, -0.2) is 4.68 Å². The SMILES string of the molecule is Cc1c(COCc2cn(-c3ccccc3)nn2)cccc1-c1ccccc1. The standard InChI is InChI=1S/C23H21N3O/c1-18-20(11-8-14-23(18)19-9-4-2-5-10-19)16-27-17-21-15-26(25-24-21)22-12-6-3-7-13-22/h2-15H,16-17H2,1H3. The third-order valence-electron chi connectivity index (χ3n) is 4.60. The van der Waals surface area contributed by atoms with Gasteiger partial charge in [0.25, 0.3) is 0 Å². The van der Waals surface area contributed by atoms with Gasteiger partial charge in [0.05, 0.1) is 25.1 Å². The Morgan fingerprint density at radius 3 is 2.33 bits per heavy atom. The van der Waals surface area contributed by atoms with Crippen LogP contribution in [0.2, 0.25) is 0 Å². The number of para-hydroxylation sites is 1. The van der Waals surface area contributed by atoms with Gasteiger partial charge >= 0.3 is 0 Å². The van der Waals surface area contributed by atoms with Crippen LogP contribution in [0.25, 0.3) is 16.8 Å². The lowest BCUT2D eigenvalue weighted by molar-refractivity contribution is 0.104. The Morgan fingerprint density at radius 2 is 1.56 bits per heavy atom. The molecule has 0 aliphatic carbocycles. The number of ether oxygens (including phenoxy) is 1. The van der Waals surface area contributed by atoms with E-state index in [-0.39, 0.29) is 0 Å². The average Bonchev–Trinajstić information content (AvgIpc) is 3.20. The molecular weight excluding hydrogens is 334 g/mol. The summed E-state index contributed by atoms with van der Waals surface area (Å²) in [6, 6.07) is 26.7. The van der Waals surface area contributed by atoms with Crippen molar-refractivity contribution in [3.8, 4) is 16.8 Å². The van der Waals surface area contributed by atoms with Gasteiger partial charge < -0.3 is 4.74 Å². The van der Waals surface area contributed by atoms with E-state index in [0.717, 1.165) is 11.4 Å². The van der Waals surface area contributed by atoms with Crippen molar-refractivity contribution in [3.05, 3.63) is 102 Å². The van der Waals surface area contributed by atoms with Crippen molar-refractivity contribution < 1.29 is 4.74 Å². The molecule has 1 heterocycles. The molecule has 0 saturated heterocycles. The second-order valence-corrected chi connectivity index (χ2v) is 6.44. The molecule has 0 spiro atoms. The summed E-state index contributed by atoms with van der Waals surface area (Å²) in [6.45, 7) is 3.12. The highest BCUT2D eigenvalue weighted by Crippen LogP contribution is 2.26. The van der Waals surface area contributed by atoms with E-state index < -0.39 is 0 Å². The summed E-state index contributed by atoms with van der Waals surface area (Å²) in [5, 5.41) is 8.37. The first-order chi connectivity index (χ1) is 13.3. The molecule has 0 aliphatic rings. The van der Waals surface area contributed by atoms with E-state index in [0.29, 0.717) is 13.2 Å². The minimum atomic E-state index is 0.432. The lowest BCUT2D eigenvalue weighted by atomic mass is 9.97. The van der Waals surface area contributed by atoms with Gasteiger partial charge in [-0.15, -0.1) is 5.10 Å². The summed E-state index contributed by atoms with van der Waals surface area (Å²) in [6.07, 6.45) is 1.91. The quantitative estimate of drug-likeness (QED) is 0.491. The Bertz CT molecular complexity index is 1010. The van der Waals surface area contributed by atoms with E-state index in [1.54, 1.807) is 4.68 Å². The molecule has 27 heavy (non-hydrogen) atoms. The molecule has 0 aliphatic heterocycles. The third-order valence-corrected chi connectivity index (χ3v) is 4.60. The van der Waals surface area contributed by atoms with Crippen molar-refractivity contribution in [2.75, 3.05) is 0 Å². The van der Waals surface area contributed by atoms with Crippen LogP contribution in [0, 0.1) is 6.92 Å². The Labute approximate surface area is 159 Å². The zero-order chi connectivity index (χ0) is 18.5. The zero-order valence-corrected chi connectivity index (χ0v) is 15.2. The fraction of sp³-hybridized carbons (Fsp3) is 0.130. The van der Waals surface area contributed by atoms with E-state index in [1.807, 2.05) is 42.6 Å². The molecule has 0 atom stereocenters. The largest absolute Gasteiger partial charge is 0.370 e. The molecule has 0 radical (unpaired) electrons. The number of hydrogen-bond donors (Lipinski definition) is 0. The lowest BCUT2D eigenvalue weighted by Gasteiger charge is -2.11. The van der Waals surface area contributed by atoms with Crippen LogP contribution in [0.15, 0.2) is 85.1 Å². The minimum Gasteiger partial charge on any atom is -0.370 e. The maximum Gasteiger partial charge on any atom is 0.109 e. The molecule has 0 unspecified atom stereocenters. The number of benzene rings is 3. The average molecular weight is 355 g/mol. The molecule has 4 nitrogen and oxygen atoms in total. The number of aromatic nitrogens is 3. The van der Waals surface area contributed by atoms with Crippen LogP contribution in [0.4, 0.5) is 0 Å². The summed E-state index contributed by atoms with van der Waals surface area (Å²) in [5.41, 5.74) is 6.70. The third kappa shape index (κ3) is 3.96. The molecule has 3 aromatic carbocycles. The van der Waals surface area contributed by atoms with Gasteiger partial charge in [-0.3, -0.25) is 0 Å². The van der Waals surface area contributed by atoms with E-state index in [9.17, 15) is 0 Å². The van der Waals surface area contributed by atoms with Crippen molar-refractivity contribution >= 4 is 0 Å². The lowest BCUT2D eigenvalue weighted by Crippen LogP contribution is -1.98. The van der Waals surface area contributed by atoms with E-state index in [2.05, 4.69) is 59.7 Å². The molecule has 1 aromatic heterocycles. The number of rotatable bonds is 6. The second-order valence-electron chi connectivity index (χ2n) is 6.44. The van der Waals surface area contributed by atoms with E-state index in [1.165, 1.54) is 22.3 Å². The van der Waals surface area contributed by atoms with Crippen LogP contribution in [-0.4, -0.2) is 15.0 Å². The predicted molar refractivity (Wildman–Crippen MR) is 106 cm³/mol. The van der Waals surface area contributed by atoms with E-state index in [4.69, 9.17) is 4.74 Å². The first kappa shape index (κ1) is 17.2.